The molecule has 0 atom stereocenters. The summed E-state index contributed by atoms with van der Waals surface area (Å²) in [5, 5.41) is 12.0. The SMILES string of the molecule is CN(C)c1c(Cl)cccc1NC(=O)CCCO. The highest BCUT2D eigenvalue weighted by Crippen LogP contribution is 2.32. The summed E-state index contributed by atoms with van der Waals surface area (Å²) in [7, 11) is 3.73. The molecule has 0 saturated heterocycles. The lowest BCUT2D eigenvalue weighted by molar-refractivity contribution is -0.116. The fourth-order valence-electron chi connectivity index (χ4n) is 1.52. The highest BCUT2D eigenvalue weighted by molar-refractivity contribution is 6.34. The molecule has 0 aliphatic heterocycles. The van der Waals surface area contributed by atoms with Crippen LogP contribution < -0.4 is 10.2 Å². The summed E-state index contributed by atoms with van der Waals surface area (Å²) < 4.78 is 0. The maximum atomic E-state index is 11.6. The van der Waals surface area contributed by atoms with Gasteiger partial charge < -0.3 is 15.3 Å². The third kappa shape index (κ3) is 3.91. The molecule has 0 aliphatic rings. The first-order valence-corrected chi connectivity index (χ1v) is 5.80. The maximum Gasteiger partial charge on any atom is 0.224 e. The average Bonchev–Trinajstić information content (AvgIpc) is 2.25. The molecular formula is C12H17ClN2O2. The zero-order valence-electron chi connectivity index (χ0n) is 10.0. The number of hydrogen-bond donors (Lipinski definition) is 2. The monoisotopic (exact) mass is 256 g/mol. The van der Waals surface area contributed by atoms with Crippen molar-refractivity contribution in [1.82, 2.24) is 0 Å². The number of aliphatic hydroxyl groups excluding tert-OH is 1. The van der Waals surface area contributed by atoms with E-state index in [1.165, 1.54) is 0 Å². The van der Waals surface area contributed by atoms with Crippen molar-refractivity contribution in [3.63, 3.8) is 0 Å². The summed E-state index contributed by atoms with van der Waals surface area (Å²) in [6, 6.07) is 5.37. The van der Waals surface area contributed by atoms with E-state index in [-0.39, 0.29) is 12.5 Å². The van der Waals surface area contributed by atoms with Crippen molar-refractivity contribution >= 4 is 28.9 Å². The number of hydrogen-bond acceptors (Lipinski definition) is 3. The Labute approximate surface area is 106 Å². The number of aliphatic hydroxyl groups is 1. The quantitative estimate of drug-likeness (QED) is 0.849. The Hall–Kier alpha value is -1.26. The van der Waals surface area contributed by atoms with E-state index in [2.05, 4.69) is 5.32 Å². The lowest BCUT2D eigenvalue weighted by atomic mass is 10.2. The van der Waals surface area contributed by atoms with Crippen molar-refractivity contribution in [3.8, 4) is 0 Å². The van der Waals surface area contributed by atoms with E-state index in [0.717, 1.165) is 5.69 Å². The molecule has 1 aromatic rings. The number of nitrogens with zero attached hydrogens (tertiary/aromatic N) is 1. The summed E-state index contributed by atoms with van der Waals surface area (Å²) in [5.74, 6) is -0.121. The minimum atomic E-state index is -0.121. The third-order valence-electron chi connectivity index (χ3n) is 2.27. The van der Waals surface area contributed by atoms with Crippen molar-refractivity contribution in [1.29, 1.82) is 0 Å². The summed E-state index contributed by atoms with van der Waals surface area (Å²) >= 11 is 6.08. The van der Waals surface area contributed by atoms with Crippen molar-refractivity contribution in [2.45, 2.75) is 12.8 Å². The van der Waals surface area contributed by atoms with Gasteiger partial charge in [-0.1, -0.05) is 17.7 Å². The van der Waals surface area contributed by atoms with E-state index < -0.39 is 0 Å². The fraction of sp³-hybridized carbons (Fsp3) is 0.417. The van der Waals surface area contributed by atoms with Gasteiger partial charge in [0.25, 0.3) is 0 Å². The van der Waals surface area contributed by atoms with Crippen LogP contribution in [-0.4, -0.2) is 31.7 Å². The van der Waals surface area contributed by atoms with Crippen molar-refractivity contribution in [2.75, 3.05) is 30.9 Å². The van der Waals surface area contributed by atoms with Crippen LogP contribution in [0.15, 0.2) is 18.2 Å². The fourth-order valence-corrected chi connectivity index (χ4v) is 1.87. The Morgan fingerprint density at radius 3 is 2.76 bits per heavy atom. The number of benzene rings is 1. The molecule has 0 radical (unpaired) electrons. The number of halogens is 1. The van der Waals surface area contributed by atoms with E-state index in [1.54, 1.807) is 18.2 Å². The van der Waals surface area contributed by atoms with Gasteiger partial charge >= 0.3 is 0 Å². The molecule has 0 unspecified atom stereocenters. The van der Waals surface area contributed by atoms with E-state index in [9.17, 15) is 4.79 Å². The summed E-state index contributed by atoms with van der Waals surface area (Å²) in [6.07, 6.45) is 0.763. The lowest BCUT2D eigenvalue weighted by Gasteiger charge is -2.19. The van der Waals surface area contributed by atoms with Gasteiger partial charge in [0.05, 0.1) is 16.4 Å². The molecule has 0 fully saturated rings. The van der Waals surface area contributed by atoms with Crippen LogP contribution in [0.25, 0.3) is 0 Å². The number of carbonyl (C=O) groups excluding carboxylic acids is 1. The summed E-state index contributed by atoms with van der Waals surface area (Å²) in [6.45, 7) is 0.0174. The minimum absolute atomic E-state index is 0.0174. The number of para-hydroxylation sites is 1. The van der Waals surface area contributed by atoms with Crippen LogP contribution in [0.5, 0.6) is 0 Å². The summed E-state index contributed by atoms with van der Waals surface area (Å²) in [5.41, 5.74) is 1.47. The first-order chi connectivity index (χ1) is 8.06. The van der Waals surface area contributed by atoms with Gasteiger partial charge in [-0.3, -0.25) is 4.79 Å². The number of carbonyl (C=O) groups is 1. The molecule has 1 amide bonds. The van der Waals surface area contributed by atoms with Crippen molar-refractivity contribution in [2.24, 2.45) is 0 Å². The predicted molar refractivity (Wildman–Crippen MR) is 70.7 cm³/mol. The van der Waals surface area contributed by atoms with Crippen LogP contribution in [0.4, 0.5) is 11.4 Å². The van der Waals surface area contributed by atoms with Gasteiger partial charge in [-0.25, -0.2) is 0 Å². The Balaban J connectivity index is 2.83. The van der Waals surface area contributed by atoms with E-state index in [4.69, 9.17) is 16.7 Å². The largest absolute Gasteiger partial charge is 0.396 e. The Bertz CT molecular complexity index is 394. The van der Waals surface area contributed by atoms with E-state index >= 15 is 0 Å². The zero-order chi connectivity index (χ0) is 12.8. The van der Waals surface area contributed by atoms with Gasteiger partial charge in [-0.15, -0.1) is 0 Å². The van der Waals surface area contributed by atoms with Gasteiger partial charge in [-0.2, -0.15) is 0 Å². The van der Waals surface area contributed by atoms with Gasteiger partial charge in [0.2, 0.25) is 5.91 Å². The van der Waals surface area contributed by atoms with Crippen molar-refractivity contribution < 1.29 is 9.90 Å². The van der Waals surface area contributed by atoms with Gasteiger partial charge in [0, 0.05) is 27.1 Å². The topological polar surface area (TPSA) is 52.6 Å². The van der Waals surface area contributed by atoms with Gasteiger partial charge in [0.15, 0.2) is 0 Å². The Morgan fingerprint density at radius 1 is 1.47 bits per heavy atom. The molecule has 94 valence electrons. The Kier molecular flexibility index (Phi) is 5.25. The molecule has 17 heavy (non-hydrogen) atoms. The molecule has 0 aliphatic carbocycles. The van der Waals surface area contributed by atoms with Crippen LogP contribution in [0.1, 0.15) is 12.8 Å². The second kappa shape index (κ2) is 6.47. The minimum Gasteiger partial charge on any atom is -0.396 e. The number of amides is 1. The molecule has 0 spiro atoms. The number of rotatable bonds is 5. The second-order valence-corrected chi connectivity index (χ2v) is 4.31. The highest BCUT2D eigenvalue weighted by Gasteiger charge is 2.11. The molecule has 1 aromatic carbocycles. The molecule has 1 rings (SSSR count). The molecule has 0 aromatic heterocycles. The van der Waals surface area contributed by atoms with Crippen LogP contribution in [0.2, 0.25) is 5.02 Å². The Morgan fingerprint density at radius 2 is 2.18 bits per heavy atom. The molecule has 0 bridgehead atoms. The van der Waals surface area contributed by atoms with Crippen LogP contribution in [-0.2, 0) is 4.79 Å². The maximum absolute atomic E-state index is 11.6. The molecule has 5 heteroatoms. The molecule has 2 N–H and O–H groups in total. The third-order valence-corrected chi connectivity index (χ3v) is 2.58. The standard InChI is InChI=1S/C12H17ClN2O2/c1-15(2)12-9(13)5-3-6-10(12)14-11(17)7-4-8-16/h3,5-6,16H,4,7-8H2,1-2H3,(H,14,17). The van der Waals surface area contributed by atoms with E-state index in [0.29, 0.717) is 23.6 Å². The van der Waals surface area contributed by atoms with Gasteiger partial charge in [-0.05, 0) is 18.6 Å². The average molecular weight is 257 g/mol. The van der Waals surface area contributed by atoms with Crippen LogP contribution >= 0.6 is 11.6 Å². The highest BCUT2D eigenvalue weighted by atomic mass is 35.5. The normalized spacial score (nSPS) is 10.1. The number of anilines is 2. The van der Waals surface area contributed by atoms with Gasteiger partial charge in [0.1, 0.15) is 0 Å². The van der Waals surface area contributed by atoms with Crippen molar-refractivity contribution in [3.05, 3.63) is 23.2 Å². The van der Waals surface area contributed by atoms with E-state index in [1.807, 2.05) is 19.0 Å². The predicted octanol–water partition coefficient (Wildman–Crippen LogP) is 2.12. The van der Waals surface area contributed by atoms with Crippen LogP contribution in [0.3, 0.4) is 0 Å². The second-order valence-electron chi connectivity index (χ2n) is 3.91. The van der Waals surface area contributed by atoms with Crippen LogP contribution in [0, 0.1) is 0 Å². The molecule has 0 saturated carbocycles. The molecule has 4 nitrogen and oxygen atoms in total. The lowest BCUT2D eigenvalue weighted by Crippen LogP contribution is -2.17. The summed E-state index contributed by atoms with van der Waals surface area (Å²) in [4.78, 5) is 13.4. The molecule has 0 heterocycles. The first kappa shape index (κ1) is 13.8. The zero-order valence-corrected chi connectivity index (χ0v) is 10.8. The first-order valence-electron chi connectivity index (χ1n) is 5.42. The smallest absolute Gasteiger partial charge is 0.224 e. The number of nitrogens with one attached hydrogen (secondary N) is 1. The molecular weight excluding hydrogens is 240 g/mol.